The number of rotatable bonds is 4. The van der Waals surface area contributed by atoms with Gasteiger partial charge in [-0.2, -0.15) is 8.42 Å². The Balaban J connectivity index is 2.32. The fourth-order valence-corrected chi connectivity index (χ4v) is 3.05. The van der Waals surface area contributed by atoms with Crippen molar-refractivity contribution < 1.29 is 8.42 Å². The molecule has 0 amide bonds. The number of halogens is 2. The monoisotopic (exact) mass is 375 g/mol. The lowest BCUT2D eigenvalue weighted by Gasteiger charge is -2.09. The van der Waals surface area contributed by atoms with Gasteiger partial charge in [0.2, 0.25) is 0 Å². The molecule has 0 saturated carbocycles. The molecule has 0 bridgehead atoms. The van der Waals surface area contributed by atoms with Crippen LogP contribution in [0.5, 0.6) is 0 Å². The van der Waals surface area contributed by atoms with Gasteiger partial charge in [0.15, 0.2) is 5.03 Å². The van der Waals surface area contributed by atoms with Gasteiger partial charge in [0.05, 0.1) is 10.7 Å². The molecule has 5 nitrogen and oxygen atoms in total. The molecule has 0 spiro atoms. The largest absolute Gasteiger partial charge is 0.326 e. The second-order valence-electron chi connectivity index (χ2n) is 3.94. The van der Waals surface area contributed by atoms with Crippen LogP contribution >= 0.6 is 27.5 Å². The lowest BCUT2D eigenvalue weighted by atomic mass is 10.3. The lowest BCUT2D eigenvalue weighted by molar-refractivity contribution is 0.597. The number of aromatic nitrogens is 1. The Morgan fingerprint density at radius 1 is 1.30 bits per heavy atom. The van der Waals surface area contributed by atoms with Crippen molar-refractivity contribution in [1.82, 2.24) is 4.98 Å². The van der Waals surface area contributed by atoms with Crippen LogP contribution in [-0.4, -0.2) is 13.4 Å². The van der Waals surface area contributed by atoms with Crippen LogP contribution in [0.2, 0.25) is 5.02 Å². The molecule has 20 heavy (non-hydrogen) atoms. The molecule has 8 heteroatoms. The Bertz CT molecular complexity index is 720. The molecule has 0 aliphatic carbocycles. The van der Waals surface area contributed by atoms with E-state index in [2.05, 4.69) is 25.6 Å². The second kappa shape index (κ2) is 6.09. The first-order chi connectivity index (χ1) is 9.42. The van der Waals surface area contributed by atoms with Crippen LogP contribution in [0.15, 0.2) is 46.0 Å². The van der Waals surface area contributed by atoms with Gasteiger partial charge in [0, 0.05) is 17.2 Å². The van der Waals surface area contributed by atoms with E-state index in [-0.39, 0.29) is 10.7 Å². The quantitative estimate of drug-likeness (QED) is 0.859. The van der Waals surface area contributed by atoms with Crippen molar-refractivity contribution in [2.24, 2.45) is 5.73 Å². The van der Waals surface area contributed by atoms with E-state index >= 15 is 0 Å². The molecule has 0 atom stereocenters. The van der Waals surface area contributed by atoms with Gasteiger partial charge in [0.1, 0.15) is 0 Å². The van der Waals surface area contributed by atoms with E-state index in [1.54, 1.807) is 24.3 Å². The van der Waals surface area contributed by atoms with Crippen LogP contribution in [0.25, 0.3) is 0 Å². The first-order valence-corrected chi connectivity index (χ1v) is 8.20. The predicted octanol–water partition coefficient (Wildman–Crippen LogP) is 2.76. The Hall–Kier alpha value is -1.15. The molecule has 0 radical (unpaired) electrons. The van der Waals surface area contributed by atoms with E-state index in [0.717, 1.165) is 5.56 Å². The molecule has 0 aliphatic heterocycles. The smallest absolute Gasteiger partial charge is 0.279 e. The topological polar surface area (TPSA) is 85.1 Å². The van der Waals surface area contributed by atoms with Crippen molar-refractivity contribution in [3.63, 3.8) is 0 Å². The number of hydrogen-bond donors (Lipinski definition) is 2. The van der Waals surface area contributed by atoms with Crippen LogP contribution < -0.4 is 10.5 Å². The van der Waals surface area contributed by atoms with Crippen molar-refractivity contribution >= 4 is 43.2 Å². The number of sulfonamides is 1. The third-order valence-electron chi connectivity index (χ3n) is 2.48. The molecule has 0 fully saturated rings. The van der Waals surface area contributed by atoms with E-state index in [9.17, 15) is 8.42 Å². The summed E-state index contributed by atoms with van der Waals surface area (Å²) < 4.78 is 27.5. The number of nitrogens with zero attached hydrogens (tertiary/aromatic N) is 1. The van der Waals surface area contributed by atoms with Crippen LogP contribution in [-0.2, 0) is 16.6 Å². The summed E-state index contributed by atoms with van der Waals surface area (Å²) in [6.07, 6.45) is 1.43. The van der Waals surface area contributed by atoms with Crippen molar-refractivity contribution in [3.05, 3.63) is 51.6 Å². The summed E-state index contributed by atoms with van der Waals surface area (Å²) in [7, 11) is -3.78. The van der Waals surface area contributed by atoms with E-state index in [1.165, 1.54) is 12.3 Å². The third-order valence-corrected chi connectivity index (χ3v) is 4.58. The highest BCUT2D eigenvalue weighted by molar-refractivity contribution is 9.10. The molecular weight excluding hydrogens is 366 g/mol. The maximum Gasteiger partial charge on any atom is 0.279 e. The minimum Gasteiger partial charge on any atom is -0.326 e. The zero-order chi connectivity index (χ0) is 14.8. The number of nitrogens with two attached hydrogens (primary N) is 1. The van der Waals surface area contributed by atoms with Gasteiger partial charge >= 0.3 is 0 Å². The number of anilines is 1. The van der Waals surface area contributed by atoms with E-state index in [0.29, 0.717) is 16.0 Å². The highest BCUT2D eigenvalue weighted by Crippen LogP contribution is 2.27. The Labute approximate surface area is 130 Å². The van der Waals surface area contributed by atoms with E-state index < -0.39 is 10.0 Å². The summed E-state index contributed by atoms with van der Waals surface area (Å²) in [4.78, 5) is 3.88. The average Bonchev–Trinajstić information content (AvgIpc) is 2.43. The second-order valence-corrected chi connectivity index (χ2v) is 6.89. The van der Waals surface area contributed by atoms with E-state index in [4.69, 9.17) is 17.3 Å². The van der Waals surface area contributed by atoms with Crippen molar-refractivity contribution in [3.8, 4) is 0 Å². The molecular formula is C12H11BrClN3O2S. The number of pyridine rings is 1. The van der Waals surface area contributed by atoms with Gasteiger partial charge < -0.3 is 5.73 Å². The Kier molecular flexibility index (Phi) is 4.64. The standard InChI is InChI=1S/C12H11BrClN3O2S/c13-9-2-3-10(14)11(5-9)17-20(18,19)12-4-1-8(6-15)7-16-12/h1-5,7,17H,6,15H2. The van der Waals surface area contributed by atoms with Gasteiger partial charge in [-0.05, 0) is 29.8 Å². The molecule has 1 aromatic heterocycles. The molecule has 2 aromatic rings. The fraction of sp³-hybridized carbons (Fsp3) is 0.0833. The van der Waals surface area contributed by atoms with E-state index in [1.807, 2.05) is 0 Å². The summed E-state index contributed by atoms with van der Waals surface area (Å²) in [6, 6.07) is 7.90. The summed E-state index contributed by atoms with van der Waals surface area (Å²) in [5, 5.41) is 0.209. The molecule has 1 heterocycles. The summed E-state index contributed by atoms with van der Waals surface area (Å²) in [6.45, 7) is 0.304. The van der Waals surface area contributed by atoms with Crippen molar-refractivity contribution in [1.29, 1.82) is 0 Å². The van der Waals surface area contributed by atoms with Crippen LogP contribution in [0.3, 0.4) is 0 Å². The molecule has 0 saturated heterocycles. The van der Waals surface area contributed by atoms with Gasteiger partial charge in [-0.15, -0.1) is 0 Å². The molecule has 2 rings (SSSR count). The predicted molar refractivity (Wildman–Crippen MR) is 82.1 cm³/mol. The van der Waals surface area contributed by atoms with Crippen LogP contribution in [0.4, 0.5) is 5.69 Å². The van der Waals surface area contributed by atoms with Crippen molar-refractivity contribution in [2.75, 3.05) is 4.72 Å². The zero-order valence-corrected chi connectivity index (χ0v) is 13.3. The third kappa shape index (κ3) is 3.49. The number of hydrogen-bond acceptors (Lipinski definition) is 4. The van der Waals surface area contributed by atoms with Gasteiger partial charge in [-0.1, -0.05) is 33.6 Å². The van der Waals surface area contributed by atoms with Crippen LogP contribution in [0.1, 0.15) is 5.56 Å². The zero-order valence-electron chi connectivity index (χ0n) is 10.2. The summed E-state index contributed by atoms with van der Waals surface area (Å²) in [5.74, 6) is 0. The maximum absolute atomic E-state index is 12.2. The van der Waals surface area contributed by atoms with Gasteiger partial charge in [-0.25, -0.2) is 4.98 Å². The molecule has 0 unspecified atom stereocenters. The normalized spacial score (nSPS) is 11.3. The molecule has 1 aromatic carbocycles. The van der Waals surface area contributed by atoms with Gasteiger partial charge in [-0.3, -0.25) is 4.72 Å². The van der Waals surface area contributed by atoms with Gasteiger partial charge in [0.25, 0.3) is 10.0 Å². The molecule has 3 N–H and O–H groups in total. The van der Waals surface area contributed by atoms with Crippen LogP contribution in [0, 0.1) is 0 Å². The highest BCUT2D eigenvalue weighted by atomic mass is 79.9. The molecule has 0 aliphatic rings. The minimum atomic E-state index is -3.78. The lowest BCUT2D eigenvalue weighted by Crippen LogP contribution is -2.15. The fourth-order valence-electron chi connectivity index (χ4n) is 1.46. The number of nitrogens with one attached hydrogen (secondary N) is 1. The summed E-state index contributed by atoms with van der Waals surface area (Å²) >= 11 is 9.21. The minimum absolute atomic E-state index is 0.0919. The Morgan fingerprint density at radius 2 is 2.05 bits per heavy atom. The first kappa shape index (κ1) is 15.2. The highest BCUT2D eigenvalue weighted by Gasteiger charge is 2.17. The van der Waals surface area contributed by atoms with Crippen molar-refractivity contribution in [2.45, 2.75) is 11.6 Å². The maximum atomic E-state index is 12.2. The first-order valence-electron chi connectivity index (χ1n) is 5.55. The SMILES string of the molecule is NCc1ccc(S(=O)(=O)Nc2cc(Br)ccc2Cl)nc1. The summed E-state index contributed by atoms with van der Waals surface area (Å²) in [5.41, 5.74) is 6.48. The number of benzene rings is 1. The molecule has 106 valence electrons. The average molecular weight is 377 g/mol. The Morgan fingerprint density at radius 3 is 2.65 bits per heavy atom.